The molecule has 9 nitrogen and oxygen atoms in total. The summed E-state index contributed by atoms with van der Waals surface area (Å²) in [6.07, 6.45) is 1.99. The zero-order valence-corrected chi connectivity index (χ0v) is 15.4. The fourth-order valence-electron chi connectivity index (χ4n) is 2.83. The van der Waals surface area contributed by atoms with E-state index in [-0.39, 0.29) is 35.8 Å². The average Bonchev–Trinajstić information content (AvgIpc) is 3.34. The molecule has 1 aliphatic carbocycles. The number of carbonyl (C=O) groups excluding carboxylic acids is 2. The third-order valence-corrected chi connectivity index (χ3v) is 4.51. The van der Waals surface area contributed by atoms with Gasteiger partial charge in [0, 0.05) is 17.3 Å². The summed E-state index contributed by atoms with van der Waals surface area (Å²) < 4.78 is 1.31. The van der Waals surface area contributed by atoms with Crippen LogP contribution in [0.5, 0.6) is 0 Å². The van der Waals surface area contributed by atoms with Crippen molar-refractivity contribution in [3.8, 4) is 0 Å². The summed E-state index contributed by atoms with van der Waals surface area (Å²) in [5, 5.41) is 20.8. The molecule has 0 atom stereocenters. The number of nitrogens with zero attached hydrogens (tertiary/aromatic N) is 3. The minimum Gasteiger partial charge on any atom is -0.349 e. The normalized spacial score (nSPS) is 13.3. The van der Waals surface area contributed by atoms with Crippen molar-refractivity contribution in [2.24, 2.45) is 0 Å². The third kappa shape index (κ3) is 4.13. The van der Waals surface area contributed by atoms with Crippen LogP contribution in [0.1, 0.15) is 40.2 Å². The molecular weight excluding hydrogens is 350 g/mol. The lowest BCUT2D eigenvalue weighted by atomic mass is 10.1. The number of anilines is 1. The minimum absolute atomic E-state index is 0.0854. The van der Waals surface area contributed by atoms with Gasteiger partial charge in [0.05, 0.1) is 4.92 Å². The van der Waals surface area contributed by atoms with Crippen LogP contribution < -0.4 is 10.6 Å². The number of benzene rings is 1. The first-order valence-corrected chi connectivity index (χ1v) is 8.66. The lowest BCUT2D eigenvalue weighted by Crippen LogP contribution is -2.26. The minimum atomic E-state index is -0.502. The average molecular weight is 371 g/mol. The van der Waals surface area contributed by atoms with Crippen molar-refractivity contribution in [3.63, 3.8) is 0 Å². The van der Waals surface area contributed by atoms with Crippen LogP contribution >= 0.6 is 0 Å². The first-order chi connectivity index (χ1) is 12.8. The van der Waals surface area contributed by atoms with Gasteiger partial charge in [-0.1, -0.05) is 6.07 Å². The van der Waals surface area contributed by atoms with Gasteiger partial charge in [0.25, 0.3) is 5.91 Å². The van der Waals surface area contributed by atoms with Crippen molar-refractivity contribution in [1.82, 2.24) is 15.1 Å². The molecule has 1 saturated carbocycles. The topological polar surface area (TPSA) is 119 Å². The quantitative estimate of drug-likeness (QED) is 0.596. The van der Waals surface area contributed by atoms with Crippen LogP contribution in [0, 0.1) is 30.9 Å². The number of amides is 2. The van der Waals surface area contributed by atoms with E-state index in [0.717, 1.165) is 18.4 Å². The standard InChI is InChI=1S/C18H21N5O4/c1-10-4-5-13(18(25)19-14-6-7-14)8-15(10)20-16(24)9-22-12(3)17(23(26)27)11(2)21-22/h4-5,8,14H,6-7,9H2,1-3H3,(H,19,25)(H,20,24). The Kier molecular flexibility index (Phi) is 4.93. The molecule has 0 bridgehead atoms. The first-order valence-electron chi connectivity index (χ1n) is 8.66. The fraction of sp³-hybridized carbons (Fsp3) is 0.389. The zero-order valence-electron chi connectivity index (χ0n) is 15.4. The molecule has 0 aliphatic heterocycles. The predicted octanol–water partition coefficient (Wildman–Crippen LogP) is 2.25. The first kappa shape index (κ1) is 18.6. The van der Waals surface area contributed by atoms with Gasteiger partial charge in [-0.3, -0.25) is 24.4 Å². The lowest BCUT2D eigenvalue weighted by molar-refractivity contribution is -0.386. The van der Waals surface area contributed by atoms with Crippen LogP contribution in [0.3, 0.4) is 0 Å². The number of nitro groups is 1. The molecule has 1 aromatic carbocycles. The van der Waals surface area contributed by atoms with E-state index in [1.807, 2.05) is 6.92 Å². The Balaban J connectivity index is 1.73. The second kappa shape index (κ2) is 7.18. The van der Waals surface area contributed by atoms with Crippen LogP contribution in [-0.2, 0) is 11.3 Å². The molecule has 1 aliphatic rings. The lowest BCUT2D eigenvalue weighted by Gasteiger charge is -2.11. The van der Waals surface area contributed by atoms with Crippen LogP contribution in [0.4, 0.5) is 11.4 Å². The summed E-state index contributed by atoms with van der Waals surface area (Å²) in [6, 6.07) is 5.37. The van der Waals surface area contributed by atoms with Crippen LogP contribution in [-0.4, -0.2) is 32.6 Å². The maximum Gasteiger partial charge on any atom is 0.312 e. The molecule has 2 N–H and O–H groups in total. The molecule has 0 saturated heterocycles. The molecule has 0 unspecified atom stereocenters. The van der Waals surface area contributed by atoms with Gasteiger partial charge in [-0.25, -0.2) is 0 Å². The van der Waals surface area contributed by atoms with E-state index in [9.17, 15) is 19.7 Å². The Morgan fingerprint density at radius 2 is 2.00 bits per heavy atom. The van der Waals surface area contributed by atoms with E-state index in [1.165, 1.54) is 11.6 Å². The Morgan fingerprint density at radius 1 is 1.30 bits per heavy atom. The van der Waals surface area contributed by atoms with Crippen LogP contribution in [0.25, 0.3) is 0 Å². The molecule has 2 amide bonds. The summed E-state index contributed by atoms with van der Waals surface area (Å²) in [5.74, 6) is -0.541. The molecule has 142 valence electrons. The van der Waals surface area contributed by atoms with E-state index < -0.39 is 4.92 Å². The monoisotopic (exact) mass is 371 g/mol. The molecule has 0 spiro atoms. The third-order valence-electron chi connectivity index (χ3n) is 4.51. The van der Waals surface area contributed by atoms with E-state index >= 15 is 0 Å². The van der Waals surface area contributed by atoms with E-state index in [1.54, 1.807) is 25.1 Å². The predicted molar refractivity (Wildman–Crippen MR) is 98.7 cm³/mol. The largest absolute Gasteiger partial charge is 0.349 e. The number of hydrogen-bond donors (Lipinski definition) is 2. The summed E-state index contributed by atoms with van der Waals surface area (Å²) in [5.41, 5.74) is 2.31. The number of aryl methyl sites for hydroxylation is 2. The van der Waals surface area contributed by atoms with Gasteiger partial charge in [0.2, 0.25) is 5.91 Å². The summed E-state index contributed by atoms with van der Waals surface area (Å²) in [7, 11) is 0. The van der Waals surface area contributed by atoms with Gasteiger partial charge < -0.3 is 10.6 Å². The Hall–Kier alpha value is -3.23. The van der Waals surface area contributed by atoms with E-state index in [0.29, 0.717) is 16.9 Å². The Bertz CT molecular complexity index is 930. The molecule has 1 aromatic heterocycles. The van der Waals surface area contributed by atoms with Gasteiger partial charge in [0.1, 0.15) is 17.9 Å². The molecule has 0 radical (unpaired) electrons. The smallest absolute Gasteiger partial charge is 0.312 e. The second-order valence-corrected chi connectivity index (χ2v) is 6.76. The number of rotatable bonds is 6. The van der Waals surface area contributed by atoms with Gasteiger partial charge in [0.15, 0.2) is 0 Å². The number of hydrogen-bond acceptors (Lipinski definition) is 5. The van der Waals surface area contributed by atoms with Crippen molar-refractivity contribution in [1.29, 1.82) is 0 Å². The summed E-state index contributed by atoms with van der Waals surface area (Å²) in [4.78, 5) is 35.2. The number of aromatic nitrogens is 2. The molecule has 27 heavy (non-hydrogen) atoms. The Morgan fingerprint density at radius 3 is 2.59 bits per heavy atom. The summed E-state index contributed by atoms with van der Waals surface area (Å²) >= 11 is 0. The highest BCUT2D eigenvalue weighted by Crippen LogP contribution is 2.23. The maximum absolute atomic E-state index is 12.4. The van der Waals surface area contributed by atoms with Crippen molar-refractivity contribution >= 4 is 23.2 Å². The number of nitrogens with one attached hydrogen (secondary N) is 2. The molecule has 2 aromatic rings. The molecule has 3 rings (SSSR count). The SMILES string of the molecule is Cc1ccc(C(=O)NC2CC2)cc1NC(=O)Cn1nc(C)c([N+](=O)[O-])c1C. The second-order valence-electron chi connectivity index (χ2n) is 6.76. The van der Waals surface area contributed by atoms with Crippen molar-refractivity contribution in [3.05, 3.63) is 50.8 Å². The van der Waals surface area contributed by atoms with E-state index in [4.69, 9.17) is 0 Å². The van der Waals surface area contributed by atoms with Gasteiger partial charge >= 0.3 is 5.69 Å². The highest BCUT2D eigenvalue weighted by atomic mass is 16.6. The van der Waals surface area contributed by atoms with Gasteiger partial charge in [-0.15, -0.1) is 0 Å². The number of carbonyl (C=O) groups is 2. The van der Waals surface area contributed by atoms with Gasteiger partial charge in [-0.05, 0) is 51.3 Å². The molecule has 9 heteroatoms. The summed E-state index contributed by atoms with van der Waals surface area (Å²) in [6.45, 7) is 4.76. The zero-order chi connectivity index (χ0) is 19.7. The molecule has 1 fully saturated rings. The van der Waals surface area contributed by atoms with Crippen molar-refractivity contribution in [2.45, 2.75) is 46.2 Å². The van der Waals surface area contributed by atoms with Crippen LogP contribution in [0.15, 0.2) is 18.2 Å². The van der Waals surface area contributed by atoms with Crippen molar-refractivity contribution < 1.29 is 14.5 Å². The van der Waals surface area contributed by atoms with Crippen LogP contribution in [0.2, 0.25) is 0 Å². The van der Waals surface area contributed by atoms with Gasteiger partial charge in [-0.2, -0.15) is 5.10 Å². The fourth-order valence-corrected chi connectivity index (χ4v) is 2.83. The molecular formula is C18H21N5O4. The highest BCUT2D eigenvalue weighted by molar-refractivity contribution is 5.98. The van der Waals surface area contributed by atoms with E-state index in [2.05, 4.69) is 15.7 Å². The Labute approximate surface area is 155 Å². The molecule has 1 heterocycles. The highest BCUT2D eigenvalue weighted by Gasteiger charge is 2.25. The maximum atomic E-state index is 12.4. The van der Waals surface area contributed by atoms with Crippen molar-refractivity contribution in [2.75, 3.05) is 5.32 Å².